The summed E-state index contributed by atoms with van der Waals surface area (Å²) in [6, 6.07) is 9.89. The first-order valence-electron chi connectivity index (χ1n) is 15.2. The molecule has 0 bridgehead atoms. The monoisotopic (exact) mass is 636 g/mol. The van der Waals surface area contributed by atoms with Crippen LogP contribution in [0.5, 0.6) is 0 Å². The molecule has 2 fully saturated rings. The van der Waals surface area contributed by atoms with E-state index in [1.165, 1.54) is 48.6 Å². The number of carbonyl (C=O) groups is 2. The molecule has 0 aromatic heterocycles. The van der Waals surface area contributed by atoms with Crippen molar-refractivity contribution in [1.29, 1.82) is 0 Å². The normalized spacial score (nSPS) is 19.0. The number of nitro groups is 2. The van der Waals surface area contributed by atoms with Crippen LogP contribution in [0, 0.1) is 20.2 Å². The lowest BCUT2D eigenvalue weighted by Crippen LogP contribution is -2.31. The Labute approximate surface area is 267 Å². The highest BCUT2D eigenvalue weighted by Gasteiger charge is 2.23. The molecular weight excluding hydrogens is 596 g/mol. The summed E-state index contributed by atoms with van der Waals surface area (Å²) in [7, 11) is 4.17. The summed E-state index contributed by atoms with van der Waals surface area (Å²) in [5.74, 6) is -0.563. The first-order valence-corrected chi connectivity index (χ1v) is 16.0. The van der Waals surface area contributed by atoms with Gasteiger partial charge in [-0.05, 0) is 101 Å². The number of benzene rings is 2. The van der Waals surface area contributed by atoms with Crippen LogP contribution in [0.15, 0.2) is 58.3 Å². The van der Waals surface area contributed by atoms with Crippen molar-refractivity contribution in [2.45, 2.75) is 60.4 Å². The molecule has 2 amide bonds. The summed E-state index contributed by atoms with van der Waals surface area (Å²) in [6.07, 6.45) is 12.0. The maximum atomic E-state index is 12.3. The van der Waals surface area contributed by atoms with Crippen molar-refractivity contribution in [1.82, 2.24) is 20.4 Å². The van der Waals surface area contributed by atoms with Gasteiger partial charge in [0.15, 0.2) is 0 Å². The Balaban J connectivity index is 1.36. The van der Waals surface area contributed by atoms with Gasteiger partial charge < -0.3 is 20.4 Å². The average molecular weight is 637 g/mol. The topological polar surface area (TPSA) is 151 Å². The molecule has 45 heavy (non-hydrogen) atoms. The van der Waals surface area contributed by atoms with Gasteiger partial charge in [-0.25, -0.2) is 0 Å². The molecule has 0 spiro atoms. The Morgan fingerprint density at radius 1 is 0.800 bits per heavy atom. The lowest BCUT2D eigenvalue weighted by molar-refractivity contribution is -0.388. The molecule has 2 unspecified atom stereocenters. The molecule has 0 aliphatic carbocycles. The molecule has 2 aromatic carbocycles. The second kappa shape index (κ2) is 16.3. The van der Waals surface area contributed by atoms with Gasteiger partial charge in [0.25, 0.3) is 11.4 Å². The summed E-state index contributed by atoms with van der Waals surface area (Å²) >= 11 is 0.912. The van der Waals surface area contributed by atoms with E-state index in [4.69, 9.17) is 0 Å². The summed E-state index contributed by atoms with van der Waals surface area (Å²) in [6.45, 7) is 3.24. The maximum absolute atomic E-state index is 12.3. The number of rotatable bonds is 14. The van der Waals surface area contributed by atoms with E-state index in [1.54, 1.807) is 12.1 Å². The van der Waals surface area contributed by atoms with Crippen molar-refractivity contribution >= 4 is 47.1 Å². The summed E-state index contributed by atoms with van der Waals surface area (Å²) < 4.78 is 0. The van der Waals surface area contributed by atoms with E-state index >= 15 is 0 Å². The third kappa shape index (κ3) is 9.96. The Kier molecular flexibility index (Phi) is 12.2. The minimum Gasteiger partial charge on any atom is -0.352 e. The summed E-state index contributed by atoms with van der Waals surface area (Å²) in [4.78, 5) is 52.2. The van der Waals surface area contributed by atoms with Crippen LogP contribution in [-0.4, -0.2) is 83.8 Å². The molecule has 2 heterocycles. The predicted molar refractivity (Wildman–Crippen MR) is 175 cm³/mol. The Morgan fingerprint density at radius 2 is 1.22 bits per heavy atom. The van der Waals surface area contributed by atoms with Crippen LogP contribution in [0.1, 0.15) is 49.7 Å². The fraction of sp³-hybridized carbons (Fsp3) is 0.438. The van der Waals surface area contributed by atoms with Gasteiger partial charge in [0.05, 0.1) is 19.6 Å². The van der Waals surface area contributed by atoms with Gasteiger partial charge in [0.2, 0.25) is 11.8 Å². The summed E-state index contributed by atoms with van der Waals surface area (Å²) in [5, 5.41) is 29.5. The third-order valence-corrected chi connectivity index (χ3v) is 9.46. The highest BCUT2D eigenvalue weighted by atomic mass is 32.2. The molecule has 2 saturated heterocycles. The van der Waals surface area contributed by atoms with Crippen molar-refractivity contribution in [2.75, 3.05) is 40.3 Å². The highest BCUT2D eigenvalue weighted by Crippen LogP contribution is 2.40. The lowest BCUT2D eigenvalue weighted by atomic mass is 10.1. The molecule has 0 saturated carbocycles. The van der Waals surface area contributed by atoms with Crippen molar-refractivity contribution in [3.63, 3.8) is 0 Å². The van der Waals surface area contributed by atoms with Crippen molar-refractivity contribution in [3.8, 4) is 0 Å². The maximum Gasteiger partial charge on any atom is 0.283 e. The van der Waals surface area contributed by atoms with Crippen LogP contribution in [-0.2, 0) is 9.59 Å². The Hall–Kier alpha value is -4.07. The smallest absolute Gasteiger partial charge is 0.283 e. The second-order valence-electron chi connectivity index (χ2n) is 11.4. The molecule has 2 aromatic rings. The molecule has 4 rings (SSSR count). The molecule has 2 aliphatic rings. The predicted octanol–water partition coefficient (Wildman–Crippen LogP) is 4.88. The van der Waals surface area contributed by atoms with Crippen molar-refractivity contribution < 1.29 is 19.4 Å². The first-order chi connectivity index (χ1) is 21.6. The van der Waals surface area contributed by atoms with Crippen LogP contribution < -0.4 is 10.6 Å². The molecule has 240 valence electrons. The van der Waals surface area contributed by atoms with E-state index in [-0.39, 0.29) is 33.0 Å². The average Bonchev–Trinajstić information content (AvgIpc) is 3.62. The first kappa shape index (κ1) is 33.8. The molecule has 12 nitrogen and oxygen atoms in total. The largest absolute Gasteiger partial charge is 0.352 e. The number of likely N-dealkylation sites (tertiary alicyclic amines) is 2. The summed E-state index contributed by atoms with van der Waals surface area (Å²) in [5.41, 5.74) is 0.455. The lowest BCUT2D eigenvalue weighted by Gasteiger charge is -2.18. The standard InChI is InChI=1S/C32H40N6O6S/c1-35-19-3-5-25(35)15-17-33-31(39)13-9-23-7-11-29(27(21-23)37(41)42)45-30-12-8-24(22-28(30)38(43)44)10-14-32(40)34-18-16-26-6-4-20-36(26)2/h7-14,21-22,25-26H,3-6,15-20H2,1-2H3,(H,33,39)(H,34,40)/b13-9+,14-10+. The third-order valence-electron chi connectivity index (χ3n) is 8.33. The van der Waals surface area contributed by atoms with Gasteiger partial charge in [0.1, 0.15) is 0 Å². The van der Waals surface area contributed by atoms with Crippen LogP contribution >= 0.6 is 11.8 Å². The van der Waals surface area contributed by atoms with E-state index in [1.807, 2.05) is 0 Å². The van der Waals surface area contributed by atoms with Gasteiger partial charge in [-0.2, -0.15) is 0 Å². The zero-order valence-corrected chi connectivity index (χ0v) is 26.5. The van der Waals surface area contributed by atoms with Crippen molar-refractivity contribution in [2.24, 2.45) is 0 Å². The Morgan fingerprint density at radius 3 is 1.58 bits per heavy atom. The number of nitrogens with zero attached hydrogens (tertiary/aromatic N) is 4. The van der Waals surface area contributed by atoms with Gasteiger partial charge in [-0.15, -0.1) is 0 Å². The zero-order valence-electron chi connectivity index (χ0n) is 25.6. The van der Waals surface area contributed by atoms with Crippen LogP contribution in [0.4, 0.5) is 11.4 Å². The SMILES string of the molecule is CN1CCCC1CCNC(=O)/C=C/c1ccc(Sc2ccc(/C=C/C(=O)NCCC3CCCN3C)cc2[N+](=O)[O-])c([N+](=O)[O-])c1. The molecule has 2 N–H and O–H groups in total. The van der Waals surface area contributed by atoms with Gasteiger partial charge in [-0.3, -0.25) is 29.8 Å². The van der Waals surface area contributed by atoms with Crippen molar-refractivity contribution in [3.05, 3.63) is 79.9 Å². The molecule has 2 aliphatic heterocycles. The highest BCUT2D eigenvalue weighted by molar-refractivity contribution is 7.99. The molecule has 2 atom stereocenters. The minimum atomic E-state index is -0.551. The molecule has 0 radical (unpaired) electrons. The van der Waals surface area contributed by atoms with Gasteiger partial charge in [0, 0.05) is 49.5 Å². The number of carbonyl (C=O) groups excluding carboxylic acids is 2. The van der Waals surface area contributed by atoms with E-state index in [0.29, 0.717) is 36.3 Å². The fourth-order valence-electron chi connectivity index (χ4n) is 5.73. The fourth-order valence-corrected chi connectivity index (χ4v) is 6.71. The number of hydrogen-bond donors (Lipinski definition) is 2. The van der Waals surface area contributed by atoms with E-state index in [2.05, 4.69) is 34.5 Å². The van der Waals surface area contributed by atoms with E-state index in [0.717, 1.165) is 63.4 Å². The quantitative estimate of drug-likeness (QED) is 0.168. The molecule has 13 heteroatoms. The second-order valence-corrected chi connectivity index (χ2v) is 12.5. The number of nitro benzene ring substituents is 2. The van der Waals surface area contributed by atoms with E-state index in [9.17, 15) is 29.8 Å². The van der Waals surface area contributed by atoms with Gasteiger partial charge in [-0.1, -0.05) is 23.9 Å². The van der Waals surface area contributed by atoms with Gasteiger partial charge >= 0.3 is 0 Å². The van der Waals surface area contributed by atoms with E-state index < -0.39 is 9.85 Å². The zero-order chi connectivity index (χ0) is 32.3. The number of nitrogens with one attached hydrogen (secondary N) is 2. The van der Waals surface area contributed by atoms with Crippen LogP contribution in [0.3, 0.4) is 0 Å². The number of amides is 2. The van der Waals surface area contributed by atoms with Crippen LogP contribution in [0.2, 0.25) is 0 Å². The minimum absolute atomic E-state index is 0.223. The number of hydrogen-bond acceptors (Lipinski definition) is 9. The van der Waals surface area contributed by atoms with Crippen LogP contribution in [0.25, 0.3) is 12.2 Å². The Bertz CT molecular complexity index is 1360. The molecular formula is C32H40N6O6S.